The summed E-state index contributed by atoms with van der Waals surface area (Å²) in [6.07, 6.45) is -0.646. The molecule has 6 nitrogen and oxygen atoms in total. The van der Waals surface area contributed by atoms with Crippen LogP contribution in [0.3, 0.4) is 0 Å². The van der Waals surface area contributed by atoms with Crippen LogP contribution >= 0.6 is 0 Å². The molecule has 0 aliphatic carbocycles. The van der Waals surface area contributed by atoms with Crippen molar-refractivity contribution in [3.05, 3.63) is 58.0 Å². The number of nitrogens with zero attached hydrogens (tertiary/aromatic N) is 2. The summed E-state index contributed by atoms with van der Waals surface area (Å²) in [6, 6.07) is 11.1. The first kappa shape index (κ1) is 17.8. The summed E-state index contributed by atoms with van der Waals surface area (Å²) in [6.45, 7) is 5.75. The molecule has 136 valence electrons. The van der Waals surface area contributed by atoms with Gasteiger partial charge in [0.15, 0.2) is 6.10 Å². The lowest BCUT2D eigenvalue weighted by Gasteiger charge is -2.15. The van der Waals surface area contributed by atoms with Crippen molar-refractivity contribution < 1.29 is 9.53 Å². The van der Waals surface area contributed by atoms with E-state index in [2.05, 4.69) is 5.32 Å². The average Bonchev–Trinajstić information content (AvgIpc) is 2.82. The van der Waals surface area contributed by atoms with Crippen LogP contribution in [0.2, 0.25) is 0 Å². The molecule has 0 unspecified atom stereocenters. The van der Waals surface area contributed by atoms with Gasteiger partial charge in [0, 0.05) is 19.8 Å². The highest BCUT2D eigenvalue weighted by Gasteiger charge is 2.16. The molecule has 0 bridgehead atoms. The van der Waals surface area contributed by atoms with Gasteiger partial charge in [-0.25, -0.2) is 4.79 Å². The average molecular weight is 353 g/mol. The molecule has 6 heteroatoms. The molecule has 1 aromatic heterocycles. The molecule has 0 spiro atoms. The molecule has 1 heterocycles. The number of nitrogens with one attached hydrogen (secondary N) is 1. The van der Waals surface area contributed by atoms with Gasteiger partial charge in [0.25, 0.3) is 5.91 Å². The third-order valence-corrected chi connectivity index (χ3v) is 4.70. The van der Waals surface area contributed by atoms with Crippen molar-refractivity contribution in [2.75, 3.05) is 5.32 Å². The van der Waals surface area contributed by atoms with E-state index in [1.165, 1.54) is 5.56 Å². The monoisotopic (exact) mass is 353 g/mol. The van der Waals surface area contributed by atoms with Gasteiger partial charge in [0.2, 0.25) is 0 Å². The van der Waals surface area contributed by atoms with Crippen molar-refractivity contribution in [3.63, 3.8) is 0 Å². The van der Waals surface area contributed by atoms with Crippen LogP contribution in [0.25, 0.3) is 11.0 Å². The van der Waals surface area contributed by atoms with E-state index >= 15 is 0 Å². The standard InChI is InChI=1S/C20H23N3O3/c1-12-6-8-16(10-13(12)2)26-14(3)19(24)21-15-7-9-17-18(11-15)23(5)20(25)22(17)4/h6-11,14H,1-5H3,(H,21,24)/t14-/m0/s1. The molecule has 3 rings (SSSR count). The number of anilines is 1. The van der Waals surface area contributed by atoms with E-state index in [4.69, 9.17) is 4.74 Å². The molecule has 2 aromatic carbocycles. The maximum absolute atomic E-state index is 12.5. The van der Waals surface area contributed by atoms with E-state index in [0.717, 1.165) is 16.6 Å². The van der Waals surface area contributed by atoms with E-state index in [-0.39, 0.29) is 11.6 Å². The molecule has 26 heavy (non-hydrogen) atoms. The number of fused-ring (bicyclic) bond motifs is 1. The second kappa shape index (κ2) is 6.71. The Labute approximate surface area is 152 Å². The Morgan fingerprint density at radius 2 is 1.69 bits per heavy atom. The van der Waals surface area contributed by atoms with Crippen molar-refractivity contribution >= 4 is 22.6 Å². The number of aromatic nitrogens is 2. The Balaban J connectivity index is 1.76. The van der Waals surface area contributed by atoms with Crippen LogP contribution in [0.1, 0.15) is 18.1 Å². The van der Waals surface area contributed by atoms with Gasteiger partial charge < -0.3 is 10.1 Å². The minimum Gasteiger partial charge on any atom is -0.481 e. The van der Waals surface area contributed by atoms with Crippen LogP contribution in [-0.2, 0) is 18.9 Å². The van der Waals surface area contributed by atoms with Crippen LogP contribution in [-0.4, -0.2) is 21.1 Å². The van der Waals surface area contributed by atoms with Crippen LogP contribution < -0.4 is 15.7 Å². The lowest BCUT2D eigenvalue weighted by Crippen LogP contribution is -2.30. The molecule has 0 saturated carbocycles. The van der Waals surface area contributed by atoms with Gasteiger partial charge in [-0.2, -0.15) is 0 Å². The predicted octanol–water partition coefficient (Wildman–Crippen LogP) is 2.90. The number of benzene rings is 2. The van der Waals surface area contributed by atoms with Gasteiger partial charge in [-0.1, -0.05) is 6.07 Å². The van der Waals surface area contributed by atoms with Gasteiger partial charge in [-0.3, -0.25) is 13.9 Å². The second-order valence-electron chi connectivity index (χ2n) is 6.60. The Bertz CT molecular complexity index is 1050. The normalized spacial score (nSPS) is 12.2. The van der Waals surface area contributed by atoms with Crippen LogP contribution in [0.5, 0.6) is 5.75 Å². The molecule has 0 fully saturated rings. The summed E-state index contributed by atoms with van der Waals surface area (Å²) >= 11 is 0. The highest BCUT2D eigenvalue weighted by molar-refractivity contribution is 5.95. The fourth-order valence-electron chi connectivity index (χ4n) is 2.87. The molecule has 3 aromatic rings. The predicted molar refractivity (Wildman–Crippen MR) is 103 cm³/mol. The molecule has 1 atom stereocenters. The summed E-state index contributed by atoms with van der Waals surface area (Å²) in [5.74, 6) is 0.417. The lowest BCUT2D eigenvalue weighted by atomic mass is 10.1. The van der Waals surface area contributed by atoms with Gasteiger partial charge >= 0.3 is 5.69 Å². The summed E-state index contributed by atoms with van der Waals surface area (Å²) in [5.41, 5.74) is 4.39. The first-order valence-electron chi connectivity index (χ1n) is 8.48. The van der Waals surface area contributed by atoms with Crippen molar-refractivity contribution in [2.24, 2.45) is 14.1 Å². The van der Waals surface area contributed by atoms with Crippen molar-refractivity contribution in [2.45, 2.75) is 26.9 Å². The molecule has 1 N–H and O–H groups in total. The Kier molecular flexibility index (Phi) is 4.59. The maximum atomic E-state index is 12.5. The van der Waals surface area contributed by atoms with Crippen LogP contribution in [0.4, 0.5) is 5.69 Å². The van der Waals surface area contributed by atoms with E-state index in [1.54, 1.807) is 42.3 Å². The zero-order chi connectivity index (χ0) is 19.0. The number of hydrogen-bond donors (Lipinski definition) is 1. The minimum absolute atomic E-state index is 0.102. The van der Waals surface area contributed by atoms with Gasteiger partial charge in [-0.15, -0.1) is 0 Å². The number of rotatable bonds is 4. The van der Waals surface area contributed by atoms with E-state index in [0.29, 0.717) is 11.4 Å². The van der Waals surface area contributed by atoms with Gasteiger partial charge in [0.1, 0.15) is 5.75 Å². The zero-order valence-corrected chi connectivity index (χ0v) is 15.7. The number of ether oxygens (including phenoxy) is 1. The van der Waals surface area contributed by atoms with Gasteiger partial charge in [-0.05, 0) is 62.2 Å². The highest BCUT2D eigenvalue weighted by Crippen LogP contribution is 2.20. The Morgan fingerprint density at radius 1 is 1.00 bits per heavy atom. The molecule has 1 amide bonds. The fraction of sp³-hybridized carbons (Fsp3) is 0.300. The largest absolute Gasteiger partial charge is 0.481 e. The summed E-state index contributed by atoms with van der Waals surface area (Å²) in [4.78, 5) is 24.5. The van der Waals surface area contributed by atoms with Crippen LogP contribution in [0.15, 0.2) is 41.2 Å². The molecular weight excluding hydrogens is 330 g/mol. The lowest BCUT2D eigenvalue weighted by molar-refractivity contribution is -0.122. The first-order valence-corrected chi connectivity index (χ1v) is 8.48. The smallest absolute Gasteiger partial charge is 0.328 e. The van der Waals surface area contributed by atoms with E-state index < -0.39 is 6.10 Å². The number of carbonyl (C=O) groups excluding carboxylic acids is 1. The zero-order valence-electron chi connectivity index (χ0n) is 15.7. The maximum Gasteiger partial charge on any atom is 0.328 e. The third-order valence-electron chi connectivity index (χ3n) is 4.70. The summed E-state index contributed by atoms with van der Waals surface area (Å²) in [5, 5.41) is 2.85. The number of amides is 1. The van der Waals surface area contributed by atoms with Crippen molar-refractivity contribution in [3.8, 4) is 5.75 Å². The third kappa shape index (κ3) is 3.22. The van der Waals surface area contributed by atoms with E-state index in [9.17, 15) is 9.59 Å². The molecule has 0 saturated heterocycles. The first-order chi connectivity index (χ1) is 12.3. The molecular formula is C20H23N3O3. The highest BCUT2D eigenvalue weighted by atomic mass is 16.5. The van der Waals surface area contributed by atoms with Crippen molar-refractivity contribution in [1.29, 1.82) is 0 Å². The number of hydrogen-bond acceptors (Lipinski definition) is 3. The second-order valence-corrected chi connectivity index (χ2v) is 6.60. The topological polar surface area (TPSA) is 65.3 Å². The fourth-order valence-corrected chi connectivity index (χ4v) is 2.87. The van der Waals surface area contributed by atoms with E-state index in [1.807, 2.05) is 38.1 Å². The minimum atomic E-state index is -0.646. The molecule has 0 aliphatic rings. The summed E-state index contributed by atoms with van der Waals surface area (Å²) in [7, 11) is 3.43. The molecule has 0 radical (unpaired) electrons. The quantitative estimate of drug-likeness (QED) is 0.784. The Morgan fingerprint density at radius 3 is 2.38 bits per heavy atom. The number of aryl methyl sites for hydroxylation is 4. The van der Waals surface area contributed by atoms with Gasteiger partial charge in [0.05, 0.1) is 11.0 Å². The molecule has 0 aliphatic heterocycles. The van der Waals surface area contributed by atoms with Crippen molar-refractivity contribution in [1.82, 2.24) is 9.13 Å². The Hall–Kier alpha value is -3.02. The number of imidazole rings is 1. The SMILES string of the molecule is Cc1ccc(O[C@@H](C)C(=O)Nc2ccc3c(c2)n(C)c(=O)n3C)cc1C. The van der Waals surface area contributed by atoms with Crippen LogP contribution in [0, 0.1) is 13.8 Å². The number of carbonyl (C=O) groups is 1. The summed E-state index contributed by atoms with van der Waals surface area (Å²) < 4.78 is 8.88.